The number of amides is 1. The summed E-state index contributed by atoms with van der Waals surface area (Å²) in [5.74, 6) is -0.981. The van der Waals surface area contributed by atoms with Gasteiger partial charge in [-0.2, -0.15) is 0 Å². The van der Waals surface area contributed by atoms with Crippen molar-refractivity contribution in [1.29, 1.82) is 0 Å². The molecule has 0 spiro atoms. The van der Waals surface area contributed by atoms with E-state index in [4.69, 9.17) is 0 Å². The number of carbonyl (C=O) groups excluding carboxylic acids is 2. The summed E-state index contributed by atoms with van der Waals surface area (Å²) in [6, 6.07) is 17.3. The molecule has 0 saturated carbocycles. The zero-order valence-electron chi connectivity index (χ0n) is 15.1. The summed E-state index contributed by atoms with van der Waals surface area (Å²) in [7, 11) is 1.91. The highest BCUT2D eigenvalue weighted by molar-refractivity contribution is 6.45. The van der Waals surface area contributed by atoms with Crippen molar-refractivity contribution in [3.05, 3.63) is 84.1 Å². The number of benzene rings is 2. The Morgan fingerprint density at radius 2 is 1.73 bits per heavy atom. The summed E-state index contributed by atoms with van der Waals surface area (Å²) in [6.45, 7) is 6.29. The molecule has 0 aliphatic rings. The average molecular weight is 346 g/mol. The number of hydrogen-bond donors (Lipinski definition) is 0. The van der Waals surface area contributed by atoms with Crippen LogP contribution in [-0.4, -0.2) is 27.7 Å². The van der Waals surface area contributed by atoms with Gasteiger partial charge in [0, 0.05) is 36.7 Å². The molecule has 1 amide bonds. The van der Waals surface area contributed by atoms with Crippen LogP contribution < -0.4 is 0 Å². The molecular formula is C22H22N2O2. The predicted molar refractivity (Wildman–Crippen MR) is 104 cm³/mol. The van der Waals surface area contributed by atoms with E-state index in [0.29, 0.717) is 18.7 Å². The monoisotopic (exact) mass is 346 g/mol. The van der Waals surface area contributed by atoms with Crippen LogP contribution in [0.1, 0.15) is 21.6 Å². The van der Waals surface area contributed by atoms with E-state index in [0.717, 1.165) is 22.2 Å². The van der Waals surface area contributed by atoms with Gasteiger partial charge in [0.1, 0.15) is 0 Å². The zero-order valence-corrected chi connectivity index (χ0v) is 15.1. The maximum Gasteiger partial charge on any atom is 0.295 e. The van der Waals surface area contributed by atoms with Crippen LogP contribution in [-0.2, 0) is 18.4 Å². The van der Waals surface area contributed by atoms with E-state index in [1.165, 1.54) is 4.90 Å². The SMILES string of the molecule is C=CCN(Cc1ccccc1)C(=O)C(=O)c1c(C)n(C)c2ccccc12. The second kappa shape index (κ2) is 7.40. The number of ketones is 1. The number of carbonyl (C=O) groups is 2. The summed E-state index contributed by atoms with van der Waals surface area (Å²) in [6.07, 6.45) is 1.64. The molecule has 3 aromatic rings. The predicted octanol–water partition coefficient (Wildman–Crippen LogP) is 3.88. The number of nitrogens with zero attached hydrogens (tertiary/aromatic N) is 2. The highest BCUT2D eigenvalue weighted by Crippen LogP contribution is 2.25. The summed E-state index contributed by atoms with van der Waals surface area (Å²) >= 11 is 0. The van der Waals surface area contributed by atoms with E-state index in [9.17, 15) is 9.59 Å². The van der Waals surface area contributed by atoms with Gasteiger partial charge in [-0.05, 0) is 18.6 Å². The van der Waals surface area contributed by atoms with Crippen molar-refractivity contribution in [3.8, 4) is 0 Å². The molecule has 132 valence electrons. The third-order valence-corrected chi connectivity index (χ3v) is 4.67. The molecule has 0 aliphatic carbocycles. The molecule has 4 nitrogen and oxygen atoms in total. The Morgan fingerprint density at radius 3 is 2.42 bits per heavy atom. The smallest absolute Gasteiger partial charge is 0.295 e. The Hall–Kier alpha value is -3.14. The Kier molecular flexibility index (Phi) is 5.03. The van der Waals surface area contributed by atoms with Crippen LogP contribution in [0.2, 0.25) is 0 Å². The summed E-state index contributed by atoms with van der Waals surface area (Å²) in [5.41, 5.74) is 3.20. The van der Waals surface area contributed by atoms with E-state index in [2.05, 4.69) is 6.58 Å². The minimum atomic E-state index is -0.506. The van der Waals surface area contributed by atoms with Crippen LogP contribution in [0.3, 0.4) is 0 Å². The molecule has 3 rings (SSSR count). The van der Waals surface area contributed by atoms with Gasteiger partial charge in [0.25, 0.3) is 11.7 Å². The lowest BCUT2D eigenvalue weighted by atomic mass is 10.1. The molecule has 2 aromatic carbocycles. The molecule has 1 aromatic heterocycles. The molecule has 4 heteroatoms. The van der Waals surface area contributed by atoms with Crippen LogP contribution in [0.15, 0.2) is 67.3 Å². The number of para-hydroxylation sites is 1. The van der Waals surface area contributed by atoms with Gasteiger partial charge in [0.2, 0.25) is 0 Å². The van der Waals surface area contributed by atoms with Gasteiger partial charge in [0.05, 0.1) is 5.56 Å². The van der Waals surface area contributed by atoms with Crippen LogP contribution in [0.5, 0.6) is 0 Å². The fourth-order valence-electron chi connectivity index (χ4n) is 3.24. The Balaban J connectivity index is 1.96. The standard InChI is InChI=1S/C22H22N2O2/c1-4-14-24(15-17-10-6-5-7-11-17)22(26)21(25)20-16(2)23(3)19-13-9-8-12-18(19)20/h4-13H,1,14-15H2,2-3H3. The molecule has 0 radical (unpaired) electrons. The molecule has 0 unspecified atom stereocenters. The quantitative estimate of drug-likeness (QED) is 0.386. The van der Waals surface area contributed by atoms with E-state index < -0.39 is 11.7 Å². The second-order valence-corrected chi connectivity index (χ2v) is 6.33. The number of rotatable bonds is 6. The topological polar surface area (TPSA) is 42.3 Å². The van der Waals surface area contributed by atoms with Crippen LogP contribution in [0, 0.1) is 6.92 Å². The highest BCUT2D eigenvalue weighted by atomic mass is 16.2. The first-order valence-corrected chi connectivity index (χ1v) is 8.57. The third-order valence-electron chi connectivity index (χ3n) is 4.67. The van der Waals surface area contributed by atoms with Gasteiger partial charge >= 0.3 is 0 Å². The lowest BCUT2D eigenvalue weighted by Crippen LogP contribution is -2.36. The van der Waals surface area contributed by atoms with E-state index >= 15 is 0 Å². The van der Waals surface area contributed by atoms with Gasteiger partial charge in [-0.3, -0.25) is 9.59 Å². The fourth-order valence-corrected chi connectivity index (χ4v) is 3.24. The number of hydrogen-bond acceptors (Lipinski definition) is 2. The van der Waals surface area contributed by atoms with E-state index in [1.54, 1.807) is 6.08 Å². The van der Waals surface area contributed by atoms with Crippen molar-refractivity contribution in [2.75, 3.05) is 6.54 Å². The molecule has 1 heterocycles. The number of aryl methyl sites for hydroxylation is 1. The first-order valence-electron chi connectivity index (χ1n) is 8.57. The zero-order chi connectivity index (χ0) is 18.7. The third kappa shape index (κ3) is 3.18. The molecule has 0 saturated heterocycles. The second-order valence-electron chi connectivity index (χ2n) is 6.33. The molecule has 26 heavy (non-hydrogen) atoms. The van der Waals surface area contributed by atoms with Crippen molar-refractivity contribution in [2.24, 2.45) is 7.05 Å². The van der Waals surface area contributed by atoms with Crippen molar-refractivity contribution in [2.45, 2.75) is 13.5 Å². The largest absolute Gasteiger partial charge is 0.347 e. The normalized spacial score (nSPS) is 10.7. The van der Waals surface area contributed by atoms with Gasteiger partial charge in [-0.1, -0.05) is 54.6 Å². The molecule has 0 bridgehead atoms. The van der Waals surface area contributed by atoms with E-state index in [1.807, 2.05) is 73.1 Å². The van der Waals surface area contributed by atoms with Crippen LogP contribution in [0.25, 0.3) is 10.9 Å². The summed E-state index contributed by atoms with van der Waals surface area (Å²) < 4.78 is 1.95. The lowest BCUT2D eigenvalue weighted by molar-refractivity contribution is -0.126. The van der Waals surface area contributed by atoms with Crippen molar-refractivity contribution < 1.29 is 9.59 Å². The van der Waals surface area contributed by atoms with Crippen LogP contribution in [0.4, 0.5) is 0 Å². The number of Topliss-reactive ketones (excluding diaryl/α,β-unsaturated/α-hetero) is 1. The minimum absolute atomic E-state index is 0.323. The maximum absolute atomic E-state index is 13.1. The Morgan fingerprint density at radius 1 is 1.08 bits per heavy atom. The average Bonchev–Trinajstić information content (AvgIpc) is 2.92. The molecule has 0 aliphatic heterocycles. The Bertz CT molecular complexity index is 970. The molecular weight excluding hydrogens is 324 g/mol. The van der Waals surface area contributed by atoms with Crippen molar-refractivity contribution in [1.82, 2.24) is 9.47 Å². The molecule has 0 atom stereocenters. The van der Waals surface area contributed by atoms with E-state index in [-0.39, 0.29) is 0 Å². The first-order chi connectivity index (χ1) is 12.5. The van der Waals surface area contributed by atoms with Crippen LogP contribution >= 0.6 is 0 Å². The molecule has 0 N–H and O–H groups in total. The maximum atomic E-state index is 13.1. The lowest BCUT2D eigenvalue weighted by Gasteiger charge is -2.20. The van der Waals surface area contributed by atoms with Crippen molar-refractivity contribution >= 4 is 22.6 Å². The highest BCUT2D eigenvalue weighted by Gasteiger charge is 2.27. The first kappa shape index (κ1) is 17.7. The van der Waals surface area contributed by atoms with Gasteiger partial charge < -0.3 is 9.47 Å². The number of fused-ring (bicyclic) bond motifs is 1. The Labute approximate surface area is 153 Å². The van der Waals surface area contributed by atoms with Gasteiger partial charge in [0.15, 0.2) is 0 Å². The van der Waals surface area contributed by atoms with Crippen molar-refractivity contribution in [3.63, 3.8) is 0 Å². The summed E-state index contributed by atoms with van der Waals surface area (Å²) in [5, 5.41) is 0.809. The summed E-state index contributed by atoms with van der Waals surface area (Å²) in [4.78, 5) is 27.6. The van der Waals surface area contributed by atoms with Gasteiger partial charge in [-0.15, -0.1) is 6.58 Å². The van der Waals surface area contributed by atoms with Gasteiger partial charge in [-0.25, -0.2) is 0 Å². The number of aromatic nitrogens is 1. The minimum Gasteiger partial charge on any atom is -0.347 e. The molecule has 0 fully saturated rings. The fraction of sp³-hybridized carbons (Fsp3) is 0.182.